The second kappa shape index (κ2) is 8.89. The third-order valence-electron chi connectivity index (χ3n) is 2.36. The van der Waals surface area contributed by atoms with Crippen LogP contribution in [0.15, 0.2) is 0 Å². The summed E-state index contributed by atoms with van der Waals surface area (Å²) in [4.78, 5) is 0. The molecule has 0 amide bonds. The standard InChI is InChI=1S/2C5H13NO2S.CH4/c1-5(2)6(3)9(4,7)8;1-5(2)9(7,8)6(3)4;/h2*5H,1-4H3;1H4. The maximum Gasteiger partial charge on any atom is 0.215 e. The van der Waals surface area contributed by atoms with Gasteiger partial charge in [0, 0.05) is 27.2 Å². The molecule has 0 aromatic heterocycles. The van der Waals surface area contributed by atoms with Crippen molar-refractivity contribution < 1.29 is 16.8 Å². The molecule has 0 radical (unpaired) electrons. The molecule has 0 saturated heterocycles. The summed E-state index contributed by atoms with van der Waals surface area (Å²) in [7, 11) is -1.31. The molecule has 0 heterocycles. The van der Waals surface area contributed by atoms with Crippen molar-refractivity contribution in [2.45, 2.75) is 46.4 Å². The quantitative estimate of drug-likeness (QED) is 0.781. The van der Waals surface area contributed by atoms with E-state index < -0.39 is 20.0 Å². The van der Waals surface area contributed by atoms with Crippen LogP contribution in [0.1, 0.15) is 35.1 Å². The van der Waals surface area contributed by atoms with Crippen molar-refractivity contribution in [2.75, 3.05) is 27.4 Å². The second-order valence-electron chi connectivity index (χ2n) is 4.75. The van der Waals surface area contributed by atoms with E-state index in [0.717, 1.165) is 0 Å². The lowest BCUT2D eigenvalue weighted by molar-refractivity contribution is 0.414. The lowest BCUT2D eigenvalue weighted by Crippen LogP contribution is -2.31. The minimum Gasteiger partial charge on any atom is -0.213 e. The zero-order valence-corrected chi connectivity index (χ0v) is 14.1. The molecular weight excluding hydrogens is 288 g/mol. The van der Waals surface area contributed by atoms with Gasteiger partial charge in [-0.05, 0) is 27.7 Å². The molecule has 0 aliphatic rings. The van der Waals surface area contributed by atoms with E-state index in [1.54, 1.807) is 20.9 Å². The Morgan fingerprint density at radius 2 is 1.16 bits per heavy atom. The Kier molecular flexibility index (Phi) is 11.2. The molecule has 0 atom stereocenters. The Morgan fingerprint density at radius 1 is 0.842 bits per heavy atom. The largest absolute Gasteiger partial charge is 0.215 e. The topological polar surface area (TPSA) is 74.8 Å². The molecule has 0 aliphatic carbocycles. The van der Waals surface area contributed by atoms with Gasteiger partial charge in [0.15, 0.2) is 0 Å². The van der Waals surface area contributed by atoms with Crippen LogP contribution < -0.4 is 0 Å². The summed E-state index contributed by atoms with van der Waals surface area (Å²) in [6.45, 7) is 6.99. The minimum atomic E-state index is -2.98. The van der Waals surface area contributed by atoms with E-state index in [9.17, 15) is 16.8 Å². The minimum absolute atomic E-state index is 0. The average molecular weight is 319 g/mol. The van der Waals surface area contributed by atoms with Crippen molar-refractivity contribution in [1.29, 1.82) is 0 Å². The molecule has 0 aliphatic heterocycles. The van der Waals surface area contributed by atoms with Gasteiger partial charge in [-0.15, -0.1) is 0 Å². The first-order valence-electron chi connectivity index (χ1n) is 5.59. The fraction of sp³-hybridized carbons (Fsp3) is 1.00. The highest BCUT2D eigenvalue weighted by atomic mass is 32.2. The van der Waals surface area contributed by atoms with Gasteiger partial charge in [-0.25, -0.2) is 25.4 Å². The Hall–Kier alpha value is -0.180. The molecule has 0 saturated carbocycles. The van der Waals surface area contributed by atoms with E-state index in [1.165, 1.54) is 29.0 Å². The predicted octanol–water partition coefficient (Wildman–Crippen LogP) is 1.21. The summed E-state index contributed by atoms with van der Waals surface area (Å²) < 4.78 is 45.9. The summed E-state index contributed by atoms with van der Waals surface area (Å²) in [6, 6.07) is 0.0556. The summed E-state index contributed by atoms with van der Waals surface area (Å²) in [5, 5.41) is -0.313. The Bertz CT molecular complexity index is 412. The third-order valence-corrected chi connectivity index (χ3v) is 6.03. The van der Waals surface area contributed by atoms with Crippen LogP contribution >= 0.6 is 0 Å². The maximum atomic E-state index is 11.0. The van der Waals surface area contributed by atoms with Crippen molar-refractivity contribution in [3.05, 3.63) is 0 Å². The summed E-state index contributed by atoms with van der Waals surface area (Å²) in [5.41, 5.74) is 0. The van der Waals surface area contributed by atoms with Gasteiger partial charge in [0.1, 0.15) is 0 Å². The van der Waals surface area contributed by atoms with Gasteiger partial charge in [0.05, 0.1) is 11.5 Å². The van der Waals surface area contributed by atoms with E-state index >= 15 is 0 Å². The van der Waals surface area contributed by atoms with Crippen LogP contribution in [0.2, 0.25) is 0 Å². The van der Waals surface area contributed by atoms with Crippen molar-refractivity contribution in [3.63, 3.8) is 0 Å². The van der Waals surface area contributed by atoms with Gasteiger partial charge in [0.2, 0.25) is 20.0 Å². The van der Waals surface area contributed by atoms with Gasteiger partial charge >= 0.3 is 0 Å². The summed E-state index contributed by atoms with van der Waals surface area (Å²) >= 11 is 0. The number of hydrogen-bond acceptors (Lipinski definition) is 4. The Morgan fingerprint density at radius 3 is 1.16 bits per heavy atom. The SMILES string of the molecule is C.CC(C)N(C)S(C)(=O)=O.CC(C)S(=O)(=O)N(C)C. The van der Waals surface area contributed by atoms with Crippen LogP contribution in [0.4, 0.5) is 0 Å². The molecule has 0 aromatic rings. The van der Waals surface area contributed by atoms with Gasteiger partial charge in [0.25, 0.3) is 0 Å². The van der Waals surface area contributed by atoms with E-state index in [1.807, 2.05) is 13.8 Å². The molecule has 0 spiro atoms. The highest BCUT2D eigenvalue weighted by molar-refractivity contribution is 7.89. The van der Waals surface area contributed by atoms with Crippen molar-refractivity contribution in [1.82, 2.24) is 8.61 Å². The summed E-state index contributed by atoms with van der Waals surface area (Å²) in [6.07, 6.45) is 1.20. The van der Waals surface area contributed by atoms with Crippen LogP contribution in [0.5, 0.6) is 0 Å². The number of hydrogen-bond donors (Lipinski definition) is 0. The van der Waals surface area contributed by atoms with Crippen LogP contribution in [0.25, 0.3) is 0 Å². The second-order valence-corrected chi connectivity index (χ2v) is 9.49. The Labute approximate surface area is 119 Å². The molecule has 0 fully saturated rings. The first-order valence-corrected chi connectivity index (χ1v) is 8.94. The molecule has 120 valence electrons. The van der Waals surface area contributed by atoms with E-state index in [2.05, 4.69) is 0 Å². The molecule has 0 aromatic carbocycles. The predicted molar refractivity (Wildman–Crippen MR) is 82.2 cm³/mol. The van der Waals surface area contributed by atoms with Crippen LogP contribution in [-0.2, 0) is 20.0 Å². The van der Waals surface area contributed by atoms with Crippen molar-refractivity contribution >= 4 is 20.0 Å². The number of nitrogens with zero attached hydrogens (tertiary/aromatic N) is 2. The normalized spacial score (nSPS) is 12.4. The van der Waals surface area contributed by atoms with E-state index in [-0.39, 0.29) is 18.7 Å². The van der Waals surface area contributed by atoms with E-state index in [0.29, 0.717) is 0 Å². The van der Waals surface area contributed by atoms with Gasteiger partial charge in [-0.1, -0.05) is 7.43 Å². The van der Waals surface area contributed by atoms with Gasteiger partial charge in [-0.2, -0.15) is 0 Å². The van der Waals surface area contributed by atoms with Crippen LogP contribution in [0, 0.1) is 0 Å². The molecule has 0 N–H and O–H groups in total. The fourth-order valence-corrected chi connectivity index (χ4v) is 2.41. The van der Waals surface area contributed by atoms with Crippen molar-refractivity contribution in [3.8, 4) is 0 Å². The average Bonchev–Trinajstić information content (AvgIpc) is 2.15. The lowest BCUT2D eigenvalue weighted by atomic mass is 10.4. The first kappa shape index (κ1) is 23.9. The number of sulfonamides is 2. The third kappa shape index (κ3) is 9.37. The lowest BCUT2D eigenvalue weighted by Gasteiger charge is -2.17. The van der Waals surface area contributed by atoms with E-state index in [4.69, 9.17) is 0 Å². The zero-order valence-electron chi connectivity index (χ0n) is 12.5. The Balaban J connectivity index is -0.000000256. The monoisotopic (exact) mass is 318 g/mol. The first-order chi connectivity index (χ1) is 7.74. The number of rotatable bonds is 4. The fourth-order valence-electron chi connectivity index (χ4n) is 0.805. The summed E-state index contributed by atoms with van der Waals surface area (Å²) in [5.74, 6) is 0. The maximum absolute atomic E-state index is 11.0. The highest BCUT2D eigenvalue weighted by Gasteiger charge is 2.17. The van der Waals surface area contributed by atoms with Crippen LogP contribution in [-0.4, -0.2) is 64.1 Å². The van der Waals surface area contributed by atoms with Crippen LogP contribution in [0.3, 0.4) is 0 Å². The molecule has 6 nitrogen and oxygen atoms in total. The molecule has 0 bridgehead atoms. The van der Waals surface area contributed by atoms with Crippen molar-refractivity contribution in [2.24, 2.45) is 0 Å². The molecule has 0 unspecified atom stereocenters. The smallest absolute Gasteiger partial charge is 0.213 e. The highest BCUT2D eigenvalue weighted by Crippen LogP contribution is 2.01. The van der Waals surface area contributed by atoms with Gasteiger partial charge < -0.3 is 0 Å². The van der Waals surface area contributed by atoms with Gasteiger partial charge in [-0.3, -0.25) is 0 Å². The molecule has 0 rings (SSSR count). The molecule has 8 heteroatoms. The molecular formula is C11H30N2O4S2. The zero-order chi connectivity index (χ0) is 15.3. The molecule has 19 heavy (non-hydrogen) atoms.